The molecule has 0 aromatic heterocycles. The summed E-state index contributed by atoms with van der Waals surface area (Å²) in [5.41, 5.74) is 0. The Morgan fingerprint density at radius 1 is 0.540 bits per heavy atom. The van der Waals surface area contributed by atoms with Gasteiger partial charge in [-0.25, -0.2) is 0 Å². The molecule has 0 radical (unpaired) electrons. The molecule has 6 atom stereocenters. The number of esters is 2. The van der Waals surface area contributed by atoms with Gasteiger partial charge in [-0.3, -0.25) is 14.1 Å². The van der Waals surface area contributed by atoms with Crippen LogP contribution in [-0.4, -0.2) is 96.0 Å². The summed E-state index contributed by atoms with van der Waals surface area (Å²) in [5, 5.41) is 30.9. The Labute approximate surface area is 382 Å². The lowest BCUT2D eigenvalue weighted by Crippen LogP contribution is -2.60. The summed E-state index contributed by atoms with van der Waals surface area (Å²) in [6.07, 6.45) is 38.6. The Bertz CT molecular complexity index is 1350. The minimum Gasteiger partial charge on any atom is -0.462 e. The van der Waals surface area contributed by atoms with Gasteiger partial charge in [0.05, 0.1) is 6.61 Å². The summed E-state index contributed by atoms with van der Waals surface area (Å²) < 4.78 is 54.1. The van der Waals surface area contributed by atoms with E-state index in [0.29, 0.717) is 12.8 Å². The third-order valence-corrected chi connectivity index (χ3v) is 11.9. The topological polar surface area (TPSA) is 186 Å². The highest BCUT2D eigenvalue weighted by Crippen LogP contribution is 2.24. The fourth-order valence-electron chi connectivity index (χ4n) is 7.25. The number of rotatable bonds is 41. The third kappa shape index (κ3) is 34.6. The Balaban J connectivity index is 2.40. The van der Waals surface area contributed by atoms with Gasteiger partial charge >= 0.3 is 11.9 Å². The highest BCUT2D eigenvalue weighted by Gasteiger charge is 2.46. The molecule has 12 nitrogen and oxygen atoms in total. The van der Waals surface area contributed by atoms with Crippen molar-refractivity contribution in [1.29, 1.82) is 0 Å². The van der Waals surface area contributed by atoms with Crippen molar-refractivity contribution in [2.45, 2.75) is 237 Å². The molecule has 366 valence electrons. The molecule has 0 aromatic carbocycles. The average molecular weight is 913 g/mol. The zero-order valence-corrected chi connectivity index (χ0v) is 40.0. The van der Waals surface area contributed by atoms with Crippen molar-refractivity contribution >= 4 is 22.1 Å². The van der Waals surface area contributed by atoms with E-state index in [0.717, 1.165) is 83.5 Å². The van der Waals surface area contributed by atoms with Crippen LogP contribution >= 0.6 is 0 Å². The van der Waals surface area contributed by atoms with Crippen LogP contribution in [0.25, 0.3) is 0 Å². The molecule has 1 fully saturated rings. The second kappa shape index (κ2) is 39.9. The summed E-state index contributed by atoms with van der Waals surface area (Å²) in [7, 11) is -4.61. The first-order chi connectivity index (χ1) is 30.5. The summed E-state index contributed by atoms with van der Waals surface area (Å²) in [5.74, 6) is -2.01. The lowest BCUT2D eigenvalue weighted by atomic mass is 10.00. The number of ether oxygens (including phenoxy) is 4. The maximum atomic E-state index is 12.9. The molecule has 0 aromatic rings. The molecule has 0 amide bonds. The summed E-state index contributed by atoms with van der Waals surface area (Å²) >= 11 is 0. The number of hydrogen-bond donors (Lipinski definition) is 4. The number of unbranched alkanes of at least 4 members (excludes halogenated alkanes) is 21. The van der Waals surface area contributed by atoms with Crippen LogP contribution < -0.4 is 0 Å². The molecule has 0 saturated carbocycles. The van der Waals surface area contributed by atoms with E-state index in [1.807, 2.05) is 0 Å². The van der Waals surface area contributed by atoms with Gasteiger partial charge in [-0.15, -0.1) is 0 Å². The maximum Gasteiger partial charge on any atom is 0.306 e. The monoisotopic (exact) mass is 913 g/mol. The maximum absolute atomic E-state index is 12.9. The van der Waals surface area contributed by atoms with Crippen LogP contribution in [0.3, 0.4) is 0 Å². The van der Waals surface area contributed by atoms with Gasteiger partial charge in [0, 0.05) is 12.8 Å². The number of allylic oxidation sites excluding steroid dienone is 8. The first kappa shape index (κ1) is 58.6. The van der Waals surface area contributed by atoms with Crippen LogP contribution in [0.15, 0.2) is 48.6 Å². The second-order valence-corrected chi connectivity index (χ2v) is 18.6. The zero-order chi connectivity index (χ0) is 46.2. The van der Waals surface area contributed by atoms with Crippen LogP contribution in [0.1, 0.15) is 200 Å². The van der Waals surface area contributed by atoms with E-state index in [2.05, 4.69) is 62.5 Å². The minimum atomic E-state index is -4.61. The summed E-state index contributed by atoms with van der Waals surface area (Å²) in [6.45, 7) is 3.70. The standard InChI is InChI=1S/C50H88O12S/c1-3-5-7-9-11-13-15-17-19-20-21-22-23-24-25-27-29-31-33-35-37-39-46(52)61-43(41-60-50-49(55)48(54)47(53)44(62-50)42-63(56,57)58)40-59-45(51)38-36-34-32-30-28-26-18-16-14-12-10-8-6-4-2/h10,12,15-18,20-21,43-44,47-50,53-55H,3-9,11,13-14,19,22-42H2,1-2H3,(H,56,57,58)/b12-10-,17-15-,18-16-,21-20-. The van der Waals surface area contributed by atoms with Crippen LogP contribution in [0, 0.1) is 0 Å². The summed E-state index contributed by atoms with van der Waals surface area (Å²) in [6, 6.07) is 0. The number of carbonyl (C=O) groups is 2. The fourth-order valence-corrected chi connectivity index (χ4v) is 7.94. The molecule has 6 unspecified atom stereocenters. The van der Waals surface area contributed by atoms with E-state index < -0.39 is 71.2 Å². The first-order valence-corrected chi connectivity index (χ1v) is 26.3. The summed E-state index contributed by atoms with van der Waals surface area (Å²) in [4.78, 5) is 25.5. The molecular weight excluding hydrogens is 825 g/mol. The molecule has 1 heterocycles. The van der Waals surface area contributed by atoms with Crippen LogP contribution in [0.5, 0.6) is 0 Å². The van der Waals surface area contributed by atoms with Crippen LogP contribution in [-0.2, 0) is 38.7 Å². The van der Waals surface area contributed by atoms with E-state index >= 15 is 0 Å². The number of aliphatic hydroxyl groups excluding tert-OH is 3. The van der Waals surface area contributed by atoms with Gasteiger partial charge in [-0.05, 0) is 70.6 Å². The molecule has 0 aliphatic carbocycles. The van der Waals surface area contributed by atoms with Crippen molar-refractivity contribution < 1.29 is 56.8 Å². The highest BCUT2D eigenvalue weighted by molar-refractivity contribution is 7.85. The van der Waals surface area contributed by atoms with Crippen molar-refractivity contribution in [3.05, 3.63) is 48.6 Å². The minimum absolute atomic E-state index is 0.155. The third-order valence-electron chi connectivity index (χ3n) is 11.1. The zero-order valence-electron chi connectivity index (χ0n) is 39.2. The second-order valence-electron chi connectivity index (χ2n) is 17.1. The molecule has 1 saturated heterocycles. The van der Waals surface area contributed by atoms with E-state index in [-0.39, 0.29) is 19.4 Å². The van der Waals surface area contributed by atoms with Crippen LogP contribution in [0.2, 0.25) is 0 Å². The number of aliphatic hydroxyl groups is 3. The van der Waals surface area contributed by atoms with Gasteiger partial charge < -0.3 is 34.3 Å². The van der Waals surface area contributed by atoms with E-state index in [1.165, 1.54) is 77.0 Å². The lowest BCUT2D eigenvalue weighted by molar-refractivity contribution is -0.297. The van der Waals surface area contributed by atoms with Crippen molar-refractivity contribution in [3.63, 3.8) is 0 Å². The van der Waals surface area contributed by atoms with Gasteiger partial charge in [-0.1, -0.05) is 165 Å². The van der Waals surface area contributed by atoms with Crippen molar-refractivity contribution in [3.8, 4) is 0 Å². The van der Waals surface area contributed by atoms with Gasteiger partial charge in [0.15, 0.2) is 12.4 Å². The first-order valence-electron chi connectivity index (χ1n) is 24.7. The molecule has 0 bridgehead atoms. The predicted octanol–water partition coefficient (Wildman–Crippen LogP) is 10.7. The SMILES string of the molecule is CCCC/C=C\C/C=C\CCCCCCCC(=O)OCC(COC1OC(CS(=O)(=O)O)C(O)C(O)C1O)OC(=O)CCCCCCCCCCC/C=C\C/C=C\CCCCCCC. The smallest absolute Gasteiger partial charge is 0.306 e. The largest absolute Gasteiger partial charge is 0.462 e. The fraction of sp³-hybridized carbons (Fsp3) is 0.800. The van der Waals surface area contributed by atoms with Crippen LogP contribution in [0.4, 0.5) is 0 Å². The van der Waals surface area contributed by atoms with Gasteiger partial charge in [0.2, 0.25) is 0 Å². The van der Waals surface area contributed by atoms with Gasteiger partial charge in [0.25, 0.3) is 10.1 Å². The molecular formula is C50H88O12S. The van der Waals surface area contributed by atoms with Crippen molar-refractivity contribution in [2.24, 2.45) is 0 Å². The average Bonchev–Trinajstić information content (AvgIpc) is 3.25. The molecule has 1 aliphatic rings. The predicted molar refractivity (Wildman–Crippen MR) is 252 cm³/mol. The Morgan fingerprint density at radius 3 is 1.44 bits per heavy atom. The highest BCUT2D eigenvalue weighted by atomic mass is 32.2. The number of carbonyl (C=O) groups excluding carboxylic acids is 2. The molecule has 4 N–H and O–H groups in total. The van der Waals surface area contributed by atoms with E-state index in [9.17, 15) is 37.9 Å². The molecule has 13 heteroatoms. The Morgan fingerprint density at radius 2 is 0.968 bits per heavy atom. The quantitative estimate of drug-likeness (QED) is 0.0197. The number of hydrogen-bond acceptors (Lipinski definition) is 11. The normalized spacial score (nSPS) is 20.1. The van der Waals surface area contributed by atoms with Crippen molar-refractivity contribution in [2.75, 3.05) is 19.0 Å². The van der Waals surface area contributed by atoms with Gasteiger partial charge in [0.1, 0.15) is 36.8 Å². The molecule has 1 rings (SSSR count). The van der Waals surface area contributed by atoms with E-state index in [1.54, 1.807) is 0 Å². The Kier molecular flexibility index (Phi) is 37.2. The molecule has 0 spiro atoms. The van der Waals surface area contributed by atoms with Gasteiger partial charge in [-0.2, -0.15) is 8.42 Å². The Hall–Kier alpha value is -2.39. The molecule has 1 aliphatic heterocycles. The lowest BCUT2D eigenvalue weighted by Gasteiger charge is -2.40. The van der Waals surface area contributed by atoms with Crippen molar-refractivity contribution in [1.82, 2.24) is 0 Å². The molecule has 63 heavy (non-hydrogen) atoms. The van der Waals surface area contributed by atoms with E-state index in [4.69, 9.17) is 18.9 Å².